The molecule has 1 aliphatic carbocycles. The molecule has 2 aromatic rings. The summed E-state index contributed by atoms with van der Waals surface area (Å²) < 4.78 is 5.33. The highest BCUT2D eigenvalue weighted by Crippen LogP contribution is 2.41. The van der Waals surface area contributed by atoms with Crippen molar-refractivity contribution in [2.75, 3.05) is 6.61 Å². The Bertz CT molecular complexity index is 654. The first-order valence-corrected chi connectivity index (χ1v) is 7.86. The number of esters is 1. The highest BCUT2D eigenvalue weighted by molar-refractivity contribution is 5.85. The van der Waals surface area contributed by atoms with E-state index >= 15 is 0 Å². The van der Waals surface area contributed by atoms with E-state index in [0.29, 0.717) is 6.61 Å². The number of nitrogens with one attached hydrogen (secondary N) is 1. The third-order valence-corrected chi connectivity index (χ3v) is 4.53. The number of imidazole rings is 1. The molecular formula is C17H22N2O2. The van der Waals surface area contributed by atoms with Crippen molar-refractivity contribution in [2.24, 2.45) is 0 Å². The monoisotopic (exact) mass is 286 g/mol. The molecule has 4 heteroatoms. The summed E-state index contributed by atoms with van der Waals surface area (Å²) in [5.41, 5.74) is 2.65. The van der Waals surface area contributed by atoms with Crippen molar-refractivity contribution >= 4 is 17.0 Å². The van der Waals surface area contributed by atoms with Crippen LogP contribution in [0.3, 0.4) is 0 Å². The first-order valence-electron chi connectivity index (χ1n) is 7.86. The van der Waals surface area contributed by atoms with Crippen LogP contribution >= 0.6 is 0 Å². The second-order valence-corrected chi connectivity index (χ2v) is 5.80. The number of hydrogen-bond acceptors (Lipinski definition) is 3. The number of aromatic amines is 1. The predicted octanol–water partition coefficient (Wildman–Crippen LogP) is 3.50. The maximum absolute atomic E-state index is 12.5. The molecule has 21 heavy (non-hydrogen) atoms. The number of fused-ring (bicyclic) bond motifs is 1. The summed E-state index contributed by atoms with van der Waals surface area (Å²) in [7, 11) is 0. The van der Waals surface area contributed by atoms with Crippen LogP contribution in [-0.4, -0.2) is 22.5 Å². The summed E-state index contributed by atoms with van der Waals surface area (Å²) in [5, 5.41) is 0. The fraction of sp³-hybridized carbons (Fsp3) is 0.529. The van der Waals surface area contributed by atoms with Gasteiger partial charge in [0.2, 0.25) is 0 Å². The molecule has 0 atom stereocenters. The minimum Gasteiger partial charge on any atom is -0.465 e. The fourth-order valence-electron chi connectivity index (χ4n) is 3.29. The third-order valence-electron chi connectivity index (χ3n) is 4.53. The molecule has 1 aromatic carbocycles. The Morgan fingerprint density at radius 1 is 1.33 bits per heavy atom. The number of benzene rings is 1. The molecule has 1 heterocycles. The number of carbonyl (C=O) groups is 1. The third kappa shape index (κ3) is 2.33. The minimum atomic E-state index is -0.568. The van der Waals surface area contributed by atoms with Crippen molar-refractivity contribution in [3.8, 4) is 0 Å². The first kappa shape index (κ1) is 14.1. The lowest BCUT2D eigenvalue weighted by atomic mass is 9.85. The summed E-state index contributed by atoms with van der Waals surface area (Å²) >= 11 is 0. The minimum absolute atomic E-state index is 0.128. The molecule has 0 unspecified atom stereocenters. The highest BCUT2D eigenvalue weighted by Gasteiger charge is 2.46. The van der Waals surface area contributed by atoms with Gasteiger partial charge in [0.25, 0.3) is 0 Å². The van der Waals surface area contributed by atoms with Crippen LogP contribution in [0.25, 0.3) is 11.0 Å². The van der Waals surface area contributed by atoms with Crippen molar-refractivity contribution in [3.05, 3.63) is 29.6 Å². The molecule has 1 fully saturated rings. The molecule has 1 aromatic heterocycles. The van der Waals surface area contributed by atoms with E-state index in [-0.39, 0.29) is 5.97 Å². The second kappa shape index (κ2) is 5.51. The van der Waals surface area contributed by atoms with Gasteiger partial charge in [-0.25, -0.2) is 4.98 Å². The van der Waals surface area contributed by atoms with Crippen LogP contribution in [0.4, 0.5) is 0 Å². The average Bonchev–Trinajstić information content (AvgIpc) is 3.14. The zero-order chi connectivity index (χ0) is 14.9. The first-order chi connectivity index (χ1) is 10.2. The van der Waals surface area contributed by atoms with Gasteiger partial charge in [-0.1, -0.05) is 25.8 Å². The van der Waals surface area contributed by atoms with Crippen LogP contribution in [-0.2, 0) is 21.4 Å². The Balaban J connectivity index is 2.05. The van der Waals surface area contributed by atoms with E-state index in [9.17, 15) is 4.79 Å². The lowest BCUT2D eigenvalue weighted by Crippen LogP contribution is -2.35. The molecule has 1 N–H and O–H groups in total. The lowest BCUT2D eigenvalue weighted by molar-refractivity contribution is -0.150. The zero-order valence-corrected chi connectivity index (χ0v) is 12.7. The topological polar surface area (TPSA) is 55.0 Å². The number of ether oxygens (including phenoxy) is 1. The van der Waals surface area contributed by atoms with E-state index in [1.165, 1.54) is 5.56 Å². The van der Waals surface area contributed by atoms with Crippen LogP contribution < -0.4 is 0 Å². The molecule has 0 radical (unpaired) electrons. The molecule has 1 aliphatic rings. The Morgan fingerprint density at radius 3 is 2.76 bits per heavy atom. The number of carbonyl (C=O) groups excluding carboxylic acids is 1. The molecular weight excluding hydrogens is 264 g/mol. The van der Waals surface area contributed by atoms with Gasteiger partial charge in [0, 0.05) is 0 Å². The quantitative estimate of drug-likeness (QED) is 0.875. The highest BCUT2D eigenvalue weighted by atomic mass is 16.5. The summed E-state index contributed by atoms with van der Waals surface area (Å²) in [6.45, 7) is 4.41. The number of aromatic nitrogens is 2. The number of rotatable bonds is 4. The number of hydrogen-bond donors (Lipinski definition) is 1. The lowest BCUT2D eigenvalue weighted by Gasteiger charge is -2.23. The Morgan fingerprint density at radius 2 is 2.10 bits per heavy atom. The normalized spacial score (nSPS) is 17.2. The fourth-order valence-corrected chi connectivity index (χ4v) is 3.29. The van der Waals surface area contributed by atoms with Gasteiger partial charge in [0.05, 0.1) is 17.6 Å². The largest absolute Gasteiger partial charge is 0.465 e. The van der Waals surface area contributed by atoms with Gasteiger partial charge >= 0.3 is 5.97 Å². The summed E-state index contributed by atoms with van der Waals surface area (Å²) in [5.74, 6) is 0.652. The van der Waals surface area contributed by atoms with Crippen molar-refractivity contribution in [3.63, 3.8) is 0 Å². The number of H-pyrrole nitrogens is 1. The molecule has 0 saturated heterocycles. The SMILES string of the molecule is CCOC(=O)C1(c2nc3ccc(CC)cc3[nH]2)CCCC1. The number of nitrogens with zero attached hydrogens (tertiary/aromatic N) is 1. The van der Waals surface area contributed by atoms with Gasteiger partial charge < -0.3 is 9.72 Å². The van der Waals surface area contributed by atoms with Crippen LogP contribution in [0.15, 0.2) is 18.2 Å². The zero-order valence-electron chi connectivity index (χ0n) is 12.7. The predicted molar refractivity (Wildman–Crippen MR) is 82.3 cm³/mol. The van der Waals surface area contributed by atoms with E-state index in [1.807, 2.05) is 13.0 Å². The van der Waals surface area contributed by atoms with Crippen LogP contribution in [0.5, 0.6) is 0 Å². The van der Waals surface area contributed by atoms with Crippen molar-refractivity contribution in [2.45, 2.75) is 51.4 Å². The van der Waals surface area contributed by atoms with Gasteiger partial charge in [0.1, 0.15) is 11.2 Å². The molecule has 4 nitrogen and oxygen atoms in total. The molecule has 0 aliphatic heterocycles. The number of aryl methyl sites for hydroxylation is 1. The van der Waals surface area contributed by atoms with Gasteiger partial charge in [-0.2, -0.15) is 0 Å². The molecule has 1 saturated carbocycles. The standard InChI is InChI=1S/C17H22N2O2/c1-3-12-7-8-13-14(11-12)19-15(18-13)17(9-5-6-10-17)16(20)21-4-2/h7-8,11H,3-6,9-10H2,1-2H3,(H,18,19). The van der Waals surface area contributed by atoms with Crippen LogP contribution in [0.2, 0.25) is 0 Å². The van der Waals surface area contributed by atoms with Crippen molar-refractivity contribution in [1.82, 2.24) is 9.97 Å². The molecule has 3 rings (SSSR count). The summed E-state index contributed by atoms with van der Waals surface area (Å²) in [4.78, 5) is 20.6. The Labute approximate surface area is 124 Å². The summed E-state index contributed by atoms with van der Waals surface area (Å²) in [6.07, 6.45) is 4.75. The van der Waals surface area contributed by atoms with Gasteiger partial charge in [-0.15, -0.1) is 0 Å². The maximum Gasteiger partial charge on any atom is 0.319 e. The summed E-state index contributed by atoms with van der Waals surface area (Å²) in [6, 6.07) is 6.25. The molecule has 0 bridgehead atoms. The van der Waals surface area contributed by atoms with Crippen molar-refractivity contribution in [1.29, 1.82) is 0 Å². The van der Waals surface area contributed by atoms with Crippen LogP contribution in [0, 0.1) is 0 Å². The molecule has 0 spiro atoms. The van der Waals surface area contributed by atoms with Gasteiger partial charge in [-0.05, 0) is 43.9 Å². The molecule has 0 amide bonds. The van der Waals surface area contributed by atoms with E-state index in [2.05, 4.69) is 29.0 Å². The maximum atomic E-state index is 12.5. The van der Waals surface area contributed by atoms with Gasteiger partial charge in [-0.3, -0.25) is 4.79 Å². The van der Waals surface area contributed by atoms with E-state index < -0.39 is 5.41 Å². The van der Waals surface area contributed by atoms with Crippen LogP contribution in [0.1, 0.15) is 50.9 Å². The Kier molecular flexibility index (Phi) is 3.70. The van der Waals surface area contributed by atoms with E-state index in [0.717, 1.165) is 49.0 Å². The van der Waals surface area contributed by atoms with E-state index in [4.69, 9.17) is 4.74 Å². The van der Waals surface area contributed by atoms with Crippen molar-refractivity contribution < 1.29 is 9.53 Å². The smallest absolute Gasteiger partial charge is 0.319 e. The van der Waals surface area contributed by atoms with Gasteiger partial charge in [0.15, 0.2) is 0 Å². The van der Waals surface area contributed by atoms with E-state index in [1.54, 1.807) is 0 Å². The molecule has 112 valence electrons. The average molecular weight is 286 g/mol. The second-order valence-electron chi connectivity index (χ2n) is 5.80. The Hall–Kier alpha value is -1.84.